The second kappa shape index (κ2) is 2.69. The van der Waals surface area contributed by atoms with Crippen molar-refractivity contribution < 1.29 is 0 Å². The molecular weight excluding hydrogens is 170 g/mol. The van der Waals surface area contributed by atoms with Crippen LogP contribution in [0.25, 0.3) is 0 Å². The quantitative estimate of drug-likeness (QED) is 0.713. The lowest BCUT2D eigenvalue weighted by atomic mass is 10.3. The molecule has 3 nitrogen and oxygen atoms in total. The average Bonchev–Trinajstić information content (AvgIpc) is 2.74. The zero-order valence-electron chi connectivity index (χ0n) is 7.37. The molecule has 1 aliphatic carbocycles. The van der Waals surface area contributed by atoms with Crippen molar-refractivity contribution in [2.24, 2.45) is 5.92 Å². The maximum absolute atomic E-state index is 5.13. The van der Waals surface area contributed by atoms with E-state index in [1.165, 1.54) is 12.8 Å². The van der Waals surface area contributed by atoms with E-state index in [-0.39, 0.29) is 0 Å². The summed E-state index contributed by atoms with van der Waals surface area (Å²) in [7, 11) is 0. The second-order valence-electron chi connectivity index (χ2n) is 3.42. The second-order valence-corrected chi connectivity index (χ2v) is 3.80. The molecule has 66 valence electrons. The van der Waals surface area contributed by atoms with Crippen LogP contribution < -0.4 is 0 Å². The van der Waals surface area contributed by atoms with Gasteiger partial charge in [-0.05, 0) is 31.5 Å². The third kappa shape index (κ3) is 1.10. The topological polar surface area (TPSA) is 33.6 Å². The summed E-state index contributed by atoms with van der Waals surface area (Å²) in [6.07, 6.45) is 2.52. The normalized spacial score (nSPS) is 27.5. The molecule has 1 N–H and O–H groups in total. The summed E-state index contributed by atoms with van der Waals surface area (Å²) in [5.41, 5.74) is 0. The molecule has 4 heteroatoms. The molecule has 1 saturated carbocycles. The van der Waals surface area contributed by atoms with Crippen LogP contribution >= 0.6 is 12.2 Å². The summed E-state index contributed by atoms with van der Waals surface area (Å²) in [6, 6.07) is 0.626. The predicted octanol–water partition coefficient (Wildman–Crippen LogP) is 2.22. The van der Waals surface area contributed by atoms with Crippen molar-refractivity contribution >= 4 is 12.2 Å². The van der Waals surface area contributed by atoms with Crippen LogP contribution in [0.3, 0.4) is 0 Å². The Morgan fingerprint density at radius 3 is 2.92 bits per heavy atom. The summed E-state index contributed by atoms with van der Waals surface area (Å²) in [5, 5.41) is 6.91. The highest BCUT2D eigenvalue weighted by Crippen LogP contribution is 2.45. The maximum atomic E-state index is 5.13. The highest BCUT2D eigenvalue weighted by atomic mass is 32.1. The van der Waals surface area contributed by atoms with Crippen molar-refractivity contribution in [3.8, 4) is 0 Å². The molecule has 0 bridgehead atoms. The number of aromatic amines is 1. The van der Waals surface area contributed by atoms with Crippen molar-refractivity contribution in [3.05, 3.63) is 10.6 Å². The summed E-state index contributed by atoms with van der Waals surface area (Å²) < 4.78 is 2.91. The van der Waals surface area contributed by atoms with Crippen LogP contribution in [0.1, 0.15) is 31.6 Å². The minimum absolute atomic E-state index is 0.626. The lowest BCUT2D eigenvalue weighted by Crippen LogP contribution is -1.98. The molecule has 2 atom stereocenters. The maximum Gasteiger partial charge on any atom is 0.195 e. The van der Waals surface area contributed by atoms with Gasteiger partial charge >= 0.3 is 0 Å². The van der Waals surface area contributed by atoms with E-state index in [0.717, 1.165) is 16.5 Å². The van der Waals surface area contributed by atoms with Crippen molar-refractivity contribution in [1.82, 2.24) is 14.8 Å². The summed E-state index contributed by atoms with van der Waals surface area (Å²) in [6.45, 7) is 4.22. The molecule has 0 saturated heterocycles. The van der Waals surface area contributed by atoms with Crippen molar-refractivity contribution in [1.29, 1.82) is 0 Å². The highest BCUT2D eigenvalue weighted by molar-refractivity contribution is 7.71. The van der Waals surface area contributed by atoms with Crippen LogP contribution in [0.4, 0.5) is 0 Å². The number of H-pyrrole nitrogens is 1. The van der Waals surface area contributed by atoms with Gasteiger partial charge in [0.2, 0.25) is 0 Å². The van der Waals surface area contributed by atoms with Gasteiger partial charge in [0.05, 0.1) is 0 Å². The van der Waals surface area contributed by atoms with Crippen LogP contribution in [-0.2, 0) is 0 Å². The zero-order valence-corrected chi connectivity index (χ0v) is 8.19. The molecule has 0 amide bonds. The van der Waals surface area contributed by atoms with E-state index in [0.29, 0.717) is 6.04 Å². The Morgan fingerprint density at radius 2 is 2.50 bits per heavy atom. The van der Waals surface area contributed by atoms with Gasteiger partial charge in [0.1, 0.15) is 5.82 Å². The minimum atomic E-state index is 0.626. The fourth-order valence-electron chi connectivity index (χ4n) is 1.76. The summed E-state index contributed by atoms with van der Waals surface area (Å²) >= 11 is 5.13. The fraction of sp³-hybridized carbons (Fsp3) is 0.750. The summed E-state index contributed by atoms with van der Waals surface area (Å²) in [5.74, 6) is 1.84. The Balaban J connectivity index is 2.29. The van der Waals surface area contributed by atoms with E-state index in [4.69, 9.17) is 12.2 Å². The van der Waals surface area contributed by atoms with Gasteiger partial charge < -0.3 is 4.57 Å². The predicted molar refractivity (Wildman–Crippen MR) is 49.6 cm³/mol. The van der Waals surface area contributed by atoms with Gasteiger partial charge in [-0.15, -0.1) is 0 Å². The Labute approximate surface area is 76.8 Å². The monoisotopic (exact) mass is 183 g/mol. The molecule has 1 aromatic rings. The van der Waals surface area contributed by atoms with Crippen molar-refractivity contribution in [3.63, 3.8) is 0 Å². The van der Waals surface area contributed by atoms with Crippen LogP contribution in [-0.4, -0.2) is 14.8 Å². The summed E-state index contributed by atoms with van der Waals surface area (Å²) in [4.78, 5) is 0. The molecule has 2 unspecified atom stereocenters. The van der Waals surface area contributed by atoms with Crippen LogP contribution in [0, 0.1) is 17.6 Å². The van der Waals surface area contributed by atoms with E-state index >= 15 is 0 Å². The fourth-order valence-corrected chi connectivity index (χ4v) is 2.07. The molecule has 0 spiro atoms. The first-order valence-electron chi connectivity index (χ1n) is 4.37. The van der Waals surface area contributed by atoms with Crippen molar-refractivity contribution in [2.45, 2.75) is 32.7 Å². The lowest BCUT2D eigenvalue weighted by molar-refractivity contribution is 0.618. The molecule has 0 aliphatic heterocycles. The van der Waals surface area contributed by atoms with Crippen LogP contribution in [0.5, 0.6) is 0 Å². The van der Waals surface area contributed by atoms with Gasteiger partial charge in [-0.25, -0.2) is 0 Å². The van der Waals surface area contributed by atoms with E-state index in [1.54, 1.807) is 0 Å². The Bertz CT molecular complexity index is 338. The smallest absolute Gasteiger partial charge is 0.195 e. The Hall–Kier alpha value is -0.640. The number of aryl methyl sites for hydroxylation is 1. The number of nitrogens with one attached hydrogen (secondary N) is 1. The molecule has 12 heavy (non-hydrogen) atoms. The highest BCUT2D eigenvalue weighted by Gasteiger charge is 2.38. The minimum Gasteiger partial charge on any atom is -0.301 e. The van der Waals surface area contributed by atoms with E-state index in [2.05, 4.69) is 21.7 Å². The van der Waals surface area contributed by atoms with E-state index < -0.39 is 0 Å². The third-order valence-electron chi connectivity index (χ3n) is 2.62. The van der Waals surface area contributed by atoms with E-state index in [1.807, 2.05) is 6.92 Å². The standard InChI is InChI=1S/C8H13N3S/c1-3-6-4-7(6)11-5(2)9-10-8(11)12/h6-7H,3-4H2,1-2H3,(H,10,12). The number of hydrogen-bond acceptors (Lipinski definition) is 2. The average molecular weight is 183 g/mol. The first-order chi connectivity index (χ1) is 5.74. The number of hydrogen-bond donors (Lipinski definition) is 1. The third-order valence-corrected chi connectivity index (χ3v) is 2.91. The first kappa shape index (κ1) is 7.98. The molecule has 1 aromatic heterocycles. The number of aromatic nitrogens is 3. The lowest BCUT2D eigenvalue weighted by Gasteiger charge is -2.00. The van der Waals surface area contributed by atoms with Gasteiger partial charge in [0.15, 0.2) is 4.77 Å². The van der Waals surface area contributed by atoms with Gasteiger partial charge in [-0.1, -0.05) is 13.3 Å². The zero-order chi connectivity index (χ0) is 8.72. The Morgan fingerprint density at radius 1 is 1.75 bits per heavy atom. The Kier molecular flexibility index (Phi) is 1.79. The largest absolute Gasteiger partial charge is 0.301 e. The number of nitrogens with zero attached hydrogens (tertiary/aromatic N) is 2. The molecule has 1 aliphatic rings. The molecule has 2 rings (SSSR count). The first-order valence-corrected chi connectivity index (χ1v) is 4.78. The van der Waals surface area contributed by atoms with Gasteiger partial charge in [0, 0.05) is 6.04 Å². The molecule has 1 heterocycles. The van der Waals surface area contributed by atoms with Crippen LogP contribution in [0.2, 0.25) is 0 Å². The molecule has 1 fully saturated rings. The van der Waals surface area contributed by atoms with Gasteiger partial charge in [-0.2, -0.15) is 5.10 Å². The van der Waals surface area contributed by atoms with Crippen LogP contribution in [0.15, 0.2) is 0 Å². The van der Waals surface area contributed by atoms with Gasteiger partial charge in [0.25, 0.3) is 0 Å². The molecule has 0 radical (unpaired) electrons. The van der Waals surface area contributed by atoms with Gasteiger partial charge in [-0.3, -0.25) is 5.10 Å². The van der Waals surface area contributed by atoms with Crippen molar-refractivity contribution in [2.75, 3.05) is 0 Å². The van der Waals surface area contributed by atoms with E-state index in [9.17, 15) is 0 Å². The SMILES string of the molecule is CCC1CC1n1c(C)n[nH]c1=S. The molecular formula is C8H13N3S. The number of rotatable bonds is 2. The molecule has 0 aromatic carbocycles.